The second-order valence-electron chi connectivity index (χ2n) is 4.71. The number of carboxylic acid groups (broad SMARTS) is 1. The van der Waals surface area contributed by atoms with Gasteiger partial charge in [0.15, 0.2) is 0 Å². The van der Waals surface area contributed by atoms with Crippen molar-refractivity contribution in [3.63, 3.8) is 0 Å². The third-order valence-corrected chi connectivity index (χ3v) is 4.56. The molecular formula is C12H17NO3S. The molecule has 1 fully saturated rings. The first-order chi connectivity index (χ1) is 8.12. The molecule has 0 aromatic carbocycles. The second-order valence-corrected chi connectivity index (χ2v) is 5.81. The van der Waals surface area contributed by atoms with Gasteiger partial charge in [-0.05, 0) is 30.9 Å². The van der Waals surface area contributed by atoms with E-state index in [1.165, 1.54) is 0 Å². The van der Waals surface area contributed by atoms with Crippen LogP contribution in [0.2, 0.25) is 0 Å². The Balaban J connectivity index is 1.91. The van der Waals surface area contributed by atoms with Gasteiger partial charge in [-0.15, -0.1) is 0 Å². The van der Waals surface area contributed by atoms with Crippen molar-refractivity contribution < 1.29 is 14.7 Å². The molecule has 1 heterocycles. The topological polar surface area (TPSA) is 66.4 Å². The number of allylic oxidation sites excluding steroid dienone is 2. The van der Waals surface area contributed by atoms with E-state index < -0.39 is 11.5 Å². The molecule has 2 N–H and O–H groups in total. The maximum atomic E-state index is 11.8. The molecule has 0 radical (unpaired) electrons. The predicted octanol–water partition coefficient (Wildman–Crippen LogP) is 1.42. The number of carbonyl (C=O) groups is 2. The minimum atomic E-state index is -1.02. The summed E-state index contributed by atoms with van der Waals surface area (Å²) in [5.41, 5.74) is -1.02. The van der Waals surface area contributed by atoms with E-state index in [9.17, 15) is 14.7 Å². The summed E-state index contributed by atoms with van der Waals surface area (Å²) in [7, 11) is 0. The molecule has 2 rings (SSSR count). The molecule has 0 aromatic rings. The van der Waals surface area contributed by atoms with Crippen LogP contribution in [0.1, 0.15) is 25.7 Å². The molecule has 2 atom stereocenters. The van der Waals surface area contributed by atoms with E-state index in [2.05, 4.69) is 17.5 Å². The van der Waals surface area contributed by atoms with Gasteiger partial charge in [-0.25, -0.2) is 4.79 Å². The van der Waals surface area contributed by atoms with Crippen LogP contribution in [0, 0.1) is 5.92 Å². The molecule has 4 nitrogen and oxygen atoms in total. The number of hydrogen-bond acceptors (Lipinski definition) is 3. The predicted molar refractivity (Wildman–Crippen MR) is 66.9 cm³/mol. The Morgan fingerprint density at radius 3 is 2.88 bits per heavy atom. The fourth-order valence-electron chi connectivity index (χ4n) is 2.31. The smallest absolute Gasteiger partial charge is 0.330 e. The minimum Gasteiger partial charge on any atom is -0.479 e. The molecule has 2 aliphatic rings. The van der Waals surface area contributed by atoms with Gasteiger partial charge in [-0.1, -0.05) is 12.2 Å². The first-order valence-electron chi connectivity index (χ1n) is 5.91. The number of thioether (sulfide) groups is 1. The lowest BCUT2D eigenvalue weighted by molar-refractivity contribution is -0.146. The summed E-state index contributed by atoms with van der Waals surface area (Å²) in [4.78, 5) is 23.1. The number of amides is 1. The molecule has 1 aliphatic carbocycles. The van der Waals surface area contributed by atoms with Crippen molar-refractivity contribution in [3.8, 4) is 0 Å². The van der Waals surface area contributed by atoms with E-state index in [0.717, 1.165) is 18.6 Å². The normalized spacial score (nSPS) is 31.6. The van der Waals surface area contributed by atoms with Gasteiger partial charge in [0.1, 0.15) is 5.54 Å². The van der Waals surface area contributed by atoms with E-state index in [4.69, 9.17) is 0 Å². The van der Waals surface area contributed by atoms with Crippen LogP contribution in [0.4, 0.5) is 0 Å². The Labute approximate surface area is 105 Å². The Morgan fingerprint density at radius 2 is 2.35 bits per heavy atom. The lowest BCUT2D eigenvalue weighted by atomic mass is 9.97. The highest BCUT2D eigenvalue weighted by atomic mass is 32.2. The standard InChI is InChI=1S/C12H17NO3S/c14-10(7-9-3-1-2-4-9)13-12(11(15)16)5-6-17-8-12/h1,3,9H,2,4-8H2,(H,13,14)(H,15,16)/t9-,12-/m1/s1. The Kier molecular flexibility index (Phi) is 3.76. The lowest BCUT2D eigenvalue weighted by Gasteiger charge is -2.25. The maximum Gasteiger partial charge on any atom is 0.330 e. The van der Waals surface area contributed by atoms with Crippen LogP contribution in [-0.2, 0) is 9.59 Å². The van der Waals surface area contributed by atoms with Gasteiger partial charge in [0.25, 0.3) is 0 Å². The SMILES string of the molecule is O=C(C[C@@H]1C=CCC1)N[C@]1(C(=O)O)CCSC1. The van der Waals surface area contributed by atoms with Gasteiger partial charge in [-0.2, -0.15) is 11.8 Å². The molecule has 94 valence electrons. The number of aliphatic carboxylic acids is 1. The Hall–Kier alpha value is -0.970. The first-order valence-corrected chi connectivity index (χ1v) is 7.07. The molecule has 0 spiro atoms. The number of hydrogen-bond donors (Lipinski definition) is 2. The summed E-state index contributed by atoms with van der Waals surface area (Å²) in [5, 5.41) is 12.0. The highest BCUT2D eigenvalue weighted by Gasteiger charge is 2.43. The van der Waals surface area contributed by atoms with E-state index >= 15 is 0 Å². The zero-order valence-electron chi connectivity index (χ0n) is 9.65. The van der Waals surface area contributed by atoms with Crippen LogP contribution in [0.25, 0.3) is 0 Å². The van der Waals surface area contributed by atoms with E-state index in [-0.39, 0.29) is 11.8 Å². The molecule has 0 unspecified atom stereocenters. The summed E-state index contributed by atoms with van der Waals surface area (Å²) < 4.78 is 0. The largest absolute Gasteiger partial charge is 0.479 e. The van der Waals surface area contributed by atoms with Gasteiger partial charge in [0, 0.05) is 12.2 Å². The summed E-state index contributed by atoms with van der Waals surface area (Å²) >= 11 is 1.58. The maximum absolute atomic E-state index is 11.8. The van der Waals surface area contributed by atoms with E-state index in [0.29, 0.717) is 18.6 Å². The van der Waals surface area contributed by atoms with Crippen LogP contribution < -0.4 is 5.32 Å². The summed E-state index contributed by atoms with van der Waals surface area (Å²) in [6, 6.07) is 0. The van der Waals surface area contributed by atoms with Crippen LogP contribution in [0.5, 0.6) is 0 Å². The van der Waals surface area contributed by atoms with Crippen molar-refractivity contribution >= 4 is 23.6 Å². The minimum absolute atomic E-state index is 0.133. The average molecular weight is 255 g/mol. The zero-order valence-corrected chi connectivity index (χ0v) is 10.5. The summed E-state index contributed by atoms with van der Waals surface area (Å²) in [6.45, 7) is 0. The molecule has 0 saturated carbocycles. The monoisotopic (exact) mass is 255 g/mol. The molecule has 1 saturated heterocycles. The van der Waals surface area contributed by atoms with Crippen molar-refractivity contribution in [3.05, 3.63) is 12.2 Å². The fraction of sp³-hybridized carbons (Fsp3) is 0.667. The van der Waals surface area contributed by atoms with Crippen LogP contribution in [0.3, 0.4) is 0 Å². The zero-order chi connectivity index (χ0) is 12.3. The molecule has 1 amide bonds. The summed E-state index contributed by atoms with van der Waals surface area (Å²) in [5.74, 6) is 0.531. The van der Waals surface area contributed by atoms with Crippen molar-refractivity contribution in [2.45, 2.75) is 31.2 Å². The third kappa shape index (κ3) is 2.83. The lowest BCUT2D eigenvalue weighted by Crippen LogP contribution is -2.55. The fourth-order valence-corrected chi connectivity index (χ4v) is 3.63. The quantitative estimate of drug-likeness (QED) is 0.746. The molecule has 17 heavy (non-hydrogen) atoms. The molecular weight excluding hydrogens is 238 g/mol. The Bertz CT molecular complexity index is 348. The van der Waals surface area contributed by atoms with Crippen molar-refractivity contribution in [2.75, 3.05) is 11.5 Å². The molecule has 0 aromatic heterocycles. The van der Waals surface area contributed by atoms with Gasteiger partial charge >= 0.3 is 5.97 Å². The first kappa shape index (κ1) is 12.5. The van der Waals surface area contributed by atoms with Crippen LogP contribution in [0.15, 0.2) is 12.2 Å². The van der Waals surface area contributed by atoms with Crippen molar-refractivity contribution in [2.24, 2.45) is 5.92 Å². The van der Waals surface area contributed by atoms with Gasteiger partial charge < -0.3 is 10.4 Å². The second kappa shape index (κ2) is 5.12. The molecule has 5 heteroatoms. The van der Waals surface area contributed by atoms with E-state index in [1.54, 1.807) is 11.8 Å². The van der Waals surface area contributed by atoms with Crippen LogP contribution in [-0.4, -0.2) is 34.0 Å². The highest BCUT2D eigenvalue weighted by molar-refractivity contribution is 7.99. The van der Waals surface area contributed by atoms with E-state index in [1.807, 2.05) is 0 Å². The van der Waals surface area contributed by atoms with Gasteiger partial charge in [0.05, 0.1) is 0 Å². The summed E-state index contributed by atoms with van der Waals surface area (Å²) in [6.07, 6.45) is 7.10. The number of carboxylic acids is 1. The van der Waals surface area contributed by atoms with Crippen LogP contribution >= 0.6 is 11.8 Å². The number of rotatable bonds is 4. The highest BCUT2D eigenvalue weighted by Crippen LogP contribution is 2.29. The van der Waals surface area contributed by atoms with Gasteiger partial charge in [0.2, 0.25) is 5.91 Å². The Morgan fingerprint density at radius 1 is 1.53 bits per heavy atom. The van der Waals surface area contributed by atoms with Crippen molar-refractivity contribution in [1.29, 1.82) is 0 Å². The molecule has 0 bridgehead atoms. The average Bonchev–Trinajstić information content (AvgIpc) is 2.89. The number of nitrogens with one attached hydrogen (secondary N) is 1. The third-order valence-electron chi connectivity index (χ3n) is 3.37. The van der Waals surface area contributed by atoms with Crippen molar-refractivity contribution in [1.82, 2.24) is 5.32 Å². The van der Waals surface area contributed by atoms with Gasteiger partial charge in [-0.3, -0.25) is 4.79 Å². The number of carbonyl (C=O) groups excluding carboxylic acids is 1. The molecule has 1 aliphatic heterocycles.